The molecule has 0 unspecified atom stereocenters. The van der Waals surface area contributed by atoms with Gasteiger partial charge in [0.2, 0.25) is 5.91 Å². The van der Waals surface area contributed by atoms with Crippen LogP contribution in [0, 0.1) is 5.92 Å². The number of carbonyl (C=O) groups is 1. The van der Waals surface area contributed by atoms with Crippen LogP contribution in [0.4, 0.5) is 0 Å². The monoisotopic (exact) mass is 372 g/mol. The van der Waals surface area contributed by atoms with Gasteiger partial charge < -0.3 is 10.5 Å². The van der Waals surface area contributed by atoms with E-state index in [2.05, 4.69) is 27.3 Å². The Kier molecular flexibility index (Phi) is 6.39. The number of benzene rings is 1. The van der Waals surface area contributed by atoms with Crippen LogP contribution >= 0.6 is 0 Å². The molecule has 1 aliphatic rings. The number of nitrogens with two attached hydrogens (primary N) is 1. The van der Waals surface area contributed by atoms with Gasteiger partial charge in [-0.15, -0.1) is 5.10 Å². The van der Waals surface area contributed by atoms with E-state index >= 15 is 0 Å². The van der Waals surface area contributed by atoms with Gasteiger partial charge in [0.25, 0.3) is 0 Å². The van der Waals surface area contributed by atoms with Crippen LogP contribution < -0.4 is 10.5 Å². The second kappa shape index (κ2) is 8.94. The zero-order chi connectivity index (χ0) is 19.2. The largest absolute Gasteiger partial charge is 0.497 e. The molecule has 8 heteroatoms. The van der Waals surface area contributed by atoms with Gasteiger partial charge in [-0.25, -0.2) is 4.68 Å². The van der Waals surface area contributed by atoms with Crippen LogP contribution in [-0.4, -0.2) is 51.2 Å². The average molecular weight is 372 g/mol. The van der Waals surface area contributed by atoms with Gasteiger partial charge in [0, 0.05) is 5.92 Å². The third-order valence-electron chi connectivity index (χ3n) is 5.28. The average Bonchev–Trinajstić information content (AvgIpc) is 3.14. The second-order valence-electron chi connectivity index (χ2n) is 7.06. The summed E-state index contributed by atoms with van der Waals surface area (Å²) in [6.45, 7) is 4.46. The summed E-state index contributed by atoms with van der Waals surface area (Å²) in [5.74, 6) is 1.51. The van der Waals surface area contributed by atoms with Crippen molar-refractivity contribution in [2.24, 2.45) is 11.7 Å². The number of rotatable bonds is 8. The molecule has 1 aromatic carbocycles. The number of likely N-dealkylation sites (tertiary alicyclic amines) is 1. The number of amides is 1. The Balaban J connectivity index is 1.74. The summed E-state index contributed by atoms with van der Waals surface area (Å²) in [5.41, 5.74) is 6.59. The lowest BCUT2D eigenvalue weighted by atomic mass is 9.94. The van der Waals surface area contributed by atoms with E-state index < -0.39 is 0 Å². The fraction of sp³-hybridized carbons (Fsp3) is 0.579. The van der Waals surface area contributed by atoms with E-state index in [0.29, 0.717) is 6.54 Å². The molecule has 8 nitrogen and oxygen atoms in total. The molecule has 2 N–H and O–H groups in total. The van der Waals surface area contributed by atoms with E-state index in [4.69, 9.17) is 10.5 Å². The van der Waals surface area contributed by atoms with Crippen molar-refractivity contribution in [2.75, 3.05) is 20.2 Å². The van der Waals surface area contributed by atoms with E-state index in [1.54, 1.807) is 7.11 Å². The van der Waals surface area contributed by atoms with Crippen molar-refractivity contribution >= 4 is 5.91 Å². The highest BCUT2D eigenvalue weighted by atomic mass is 16.5. The molecule has 0 saturated carbocycles. The predicted octanol–water partition coefficient (Wildman–Crippen LogP) is 1.77. The quantitative estimate of drug-likeness (QED) is 0.758. The number of nitrogens with zero attached hydrogens (tertiary/aromatic N) is 5. The molecule has 1 aliphatic heterocycles. The van der Waals surface area contributed by atoms with Crippen LogP contribution in [-0.2, 0) is 11.3 Å². The summed E-state index contributed by atoms with van der Waals surface area (Å²) in [4.78, 5) is 13.8. The lowest BCUT2D eigenvalue weighted by Gasteiger charge is -2.36. The highest BCUT2D eigenvalue weighted by molar-refractivity contribution is 5.76. The molecule has 0 aliphatic carbocycles. The van der Waals surface area contributed by atoms with Crippen molar-refractivity contribution in [1.29, 1.82) is 0 Å². The number of piperidine rings is 1. The maximum atomic E-state index is 11.4. The topological polar surface area (TPSA) is 99.2 Å². The first-order valence-corrected chi connectivity index (χ1v) is 9.54. The minimum absolute atomic E-state index is 0.0150. The van der Waals surface area contributed by atoms with E-state index in [1.165, 1.54) is 0 Å². The predicted molar refractivity (Wildman–Crippen MR) is 101 cm³/mol. The molecule has 1 atom stereocenters. The molecule has 0 spiro atoms. The van der Waals surface area contributed by atoms with E-state index in [1.807, 2.05) is 28.9 Å². The Hall–Kier alpha value is -2.48. The number of hydrogen-bond acceptors (Lipinski definition) is 6. The van der Waals surface area contributed by atoms with Crippen molar-refractivity contribution in [2.45, 2.75) is 45.2 Å². The highest BCUT2D eigenvalue weighted by Crippen LogP contribution is 2.29. The van der Waals surface area contributed by atoms with Gasteiger partial charge in [-0.3, -0.25) is 9.69 Å². The first-order valence-electron chi connectivity index (χ1n) is 9.54. The minimum atomic E-state index is -0.189. The molecule has 27 heavy (non-hydrogen) atoms. The number of aromatic nitrogens is 4. The van der Waals surface area contributed by atoms with Crippen molar-refractivity contribution in [3.8, 4) is 5.75 Å². The Morgan fingerprint density at radius 1 is 1.30 bits per heavy atom. The minimum Gasteiger partial charge on any atom is -0.497 e. The number of hydrogen-bond donors (Lipinski definition) is 1. The lowest BCUT2D eigenvalue weighted by molar-refractivity contribution is -0.123. The van der Waals surface area contributed by atoms with E-state index in [9.17, 15) is 4.79 Å². The fourth-order valence-corrected chi connectivity index (χ4v) is 3.71. The molecular weight excluding hydrogens is 344 g/mol. The number of tetrazole rings is 1. The summed E-state index contributed by atoms with van der Waals surface area (Å²) in [6, 6.07) is 8.08. The SMILES string of the molecule is CCC[C@@H](c1nnnn1Cc1ccc(OC)cc1)N1CCC(C(N)=O)CC1. The van der Waals surface area contributed by atoms with Crippen molar-refractivity contribution in [3.05, 3.63) is 35.7 Å². The summed E-state index contributed by atoms with van der Waals surface area (Å²) in [7, 11) is 1.66. The van der Waals surface area contributed by atoms with Gasteiger partial charge in [0.1, 0.15) is 5.75 Å². The van der Waals surface area contributed by atoms with E-state index in [-0.39, 0.29) is 17.9 Å². The third kappa shape index (κ3) is 4.63. The number of methoxy groups -OCH3 is 1. The molecule has 1 aromatic heterocycles. The molecule has 0 bridgehead atoms. The summed E-state index contributed by atoms with van der Waals surface area (Å²) < 4.78 is 7.09. The number of ether oxygens (including phenoxy) is 1. The van der Waals surface area contributed by atoms with Crippen LogP contribution in [0.5, 0.6) is 5.75 Å². The Labute approximate surface area is 159 Å². The number of primary amides is 1. The molecule has 2 aromatic rings. The molecule has 146 valence electrons. The zero-order valence-electron chi connectivity index (χ0n) is 16.0. The lowest BCUT2D eigenvalue weighted by Crippen LogP contribution is -2.41. The van der Waals surface area contributed by atoms with Gasteiger partial charge in [0.15, 0.2) is 5.82 Å². The van der Waals surface area contributed by atoms with Crippen molar-refractivity contribution in [1.82, 2.24) is 25.1 Å². The number of carbonyl (C=O) groups excluding carboxylic acids is 1. The van der Waals surface area contributed by atoms with Crippen LogP contribution in [0.15, 0.2) is 24.3 Å². The van der Waals surface area contributed by atoms with Gasteiger partial charge in [-0.1, -0.05) is 25.5 Å². The molecule has 3 rings (SSSR count). The second-order valence-corrected chi connectivity index (χ2v) is 7.06. The summed E-state index contributed by atoms with van der Waals surface area (Å²) >= 11 is 0. The Morgan fingerprint density at radius 2 is 2.00 bits per heavy atom. The van der Waals surface area contributed by atoms with Gasteiger partial charge in [0.05, 0.1) is 19.7 Å². The Bertz CT molecular complexity index is 737. The standard InChI is InChI=1S/C19H28N6O2/c1-3-4-17(24-11-9-15(10-12-24)18(20)26)19-21-22-23-25(19)13-14-5-7-16(27-2)8-6-14/h5-8,15,17H,3-4,9-13H2,1-2H3,(H2,20,26)/t17-/m0/s1. The van der Waals surface area contributed by atoms with Crippen LogP contribution in [0.1, 0.15) is 50.0 Å². The molecule has 1 amide bonds. The highest BCUT2D eigenvalue weighted by Gasteiger charge is 2.30. The maximum Gasteiger partial charge on any atom is 0.220 e. The Morgan fingerprint density at radius 3 is 2.59 bits per heavy atom. The fourth-order valence-electron chi connectivity index (χ4n) is 3.71. The first kappa shape index (κ1) is 19.3. The van der Waals surface area contributed by atoms with E-state index in [0.717, 1.165) is 55.9 Å². The molecule has 1 fully saturated rings. The molecular formula is C19H28N6O2. The van der Waals surface area contributed by atoms with Crippen LogP contribution in [0.2, 0.25) is 0 Å². The zero-order valence-corrected chi connectivity index (χ0v) is 16.0. The van der Waals surface area contributed by atoms with Gasteiger partial charge >= 0.3 is 0 Å². The summed E-state index contributed by atoms with van der Waals surface area (Å²) in [5, 5.41) is 12.5. The van der Waals surface area contributed by atoms with Gasteiger partial charge in [-0.05, 0) is 60.5 Å². The maximum absolute atomic E-state index is 11.4. The van der Waals surface area contributed by atoms with Crippen molar-refractivity contribution in [3.63, 3.8) is 0 Å². The van der Waals surface area contributed by atoms with Crippen LogP contribution in [0.25, 0.3) is 0 Å². The summed E-state index contributed by atoms with van der Waals surface area (Å²) in [6.07, 6.45) is 3.62. The first-order chi connectivity index (χ1) is 13.1. The third-order valence-corrected chi connectivity index (χ3v) is 5.28. The smallest absolute Gasteiger partial charge is 0.220 e. The molecule has 2 heterocycles. The molecule has 0 radical (unpaired) electrons. The van der Waals surface area contributed by atoms with Crippen LogP contribution in [0.3, 0.4) is 0 Å². The molecule has 1 saturated heterocycles. The van der Waals surface area contributed by atoms with Crippen molar-refractivity contribution < 1.29 is 9.53 Å². The normalized spacial score (nSPS) is 17.0. The van der Waals surface area contributed by atoms with Gasteiger partial charge in [-0.2, -0.15) is 0 Å².